The van der Waals surface area contributed by atoms with Crippen molar-refractivity contribution in [3.63, 3.8) is 0 Å². The van der Waals surface area contributed by atoms with Crippen LogP contribution in [0.3, 0.4) is 0 Å². The lowest BCUT2D eigenvalue weighted by molar-refractivity contribution is 0.0473. The molecule has 0 radical (unpaired) electrons. The van der Waals surface area contributed by atoms with Gasteiger partial charge in [-0.25, -0.2) is 4.79 Å². The molecule has 0 aliphatic rings. The molecule has 0 heterocycles. The van der Waals surface area contributed by atoms with Crippen molar-refractivity contribution in [2.75, 3.05) is 19.0 Å². The molecule has 0 fully saturated rings. The van der Waals surface area contributed by atoms with E-state index in [0.717, 1.165) is 22.5 Å². The number of carbonyl (C=O) groups is 1. The summed E-state index contributed by atoms with van der Waals surface area (Å²) in [7, 11) is 3.98. The van der Waals surface area contributed by atoms with Gasteiger partial charge in [-0.15, -0.1) is 0 Å². The number of ether oxygens (including phenoxy) is 1. The van der Waals surface area contributed by atoms with Crippen LogP contribution in [-0.4, -0.2) is 20.1 Å². The fourth-order valence-electron chi connectivity index (χ4n) is 2.58. The van der Waals surface area contributed by atoms with Gasteiger partial charge < -0.3 is 9.64 Å². The van der Waals surface area contributed by atoms with Crippen molar-refractivity contribution in [2.24, 2.45) is 10.2 Å². The molecule has 3 aromatic carbocycles. The predicted octanol–water partition coefficient (Wildman–Crippen LogP) is 6.17. The first-order chi connectivity index (χ1) is 14.0. The van der Waals surface area contributed by atoms with E-state index >= 15 is 0 Å². The molecule has 0 amide bonds. The molecular weight excluding hydrogens is 362 g/mol. The molecule has 0 aromatic heterocycles. The number of rotatable bonds is 7. The molecule has 5 nitrogen and oxygen atoms in total. The van der Waals surface area contributed by atoms with Crippen LogP contribution < -0.4 is 4.90 Å². The van der Waals surface area contributed by atoms with E-state index in [1.54, 1.807) is 30.3 Å². The zero-order chi connectivity index (χ0) is 20.6. The van der Waals surface area contributed by atoms with E-state index in [9.17, 15) is 4.79 Å². The molecule has 29 heavy (non-hydrogen) atoms. The van der Waals surface area contributed by atoms with E-state index in [1.807, 2.05) is 67.5 Å². The number of carbonyl (C=O) groups excluding carboxylic acids is 1. The second-order valence-electron chi connectivity index (χ2n) is 6.68. The largest absolute Gasteiger partial charge is 0.457 e. The summed E-state index contributed by atoms with van der Waals surface area (Å²) < 4.78 is 5.36. The van der Waals surface area contributed by atoms with Crippen LogP contribution in [0.2, 0.25) is 0 Å². The number of esters is 1. The van der Waals surface area contributed by atoms with Crippen LogP contribution in [0.4, 0.5) is 17.1 Å². The topological polar surface area (TPSA) is 54.3 Å². The SMILES string of the molecule is C=Cc1ccc(COC(=O)c2ccc(N=Nc3ccc(N(C)C)cc3)cc2)cc1. The van der Waals surface area contributed by atoms with Gasteiger partial charge in [0.15, 0.2) is 0 Å². The Bertz CT molecular complexity index is 990. The monoisotopic (exact) mass is 385 g/mol. The second-order valence-corrected chi connectivity index (χ2v) is 6.68. The molecule has 0 saturated carbocycles. The Morgan fingerprint density at radius 1 is 0.897 bits per heavy atom. The van der Waals surface area contributed by atoms with Gasteiger partial charge in [-0.05, 0) is 59.7 Å². The molecule has 3 aromatic rings. The highest BCUT2D eigenvalue weighted by Crippen LogP contribution is 2.22. The first-order valence-corrected chi connectivity index (χ1v) is 9.23. The van der Waals surface area contributed by atoms with Crippen LogP contribution in [0.25, 0.3) is 6.08 Å². The second kappa shape index (κ2) is 9.46. The predicted molar refractivity (Wildman–Crippen MR) is 117 cm³/mol. The summed E-state index contributed by atoms with van der Waals surface area (Å²) in [4.78, 5) is 14.2. The quantitative estimate of drug-likeness (QED) is 0.361. The van der Waals surface area contributed by atoms with Crippen molar-refractivity contribution in [1.29, 1.82) is 0 Å². The highest BCUT2D eigenvalue weighted by Gasteiger charge is 2.07. The molecule has 0 aliphatic heterocycles. The molecule has 5 heteroatoms. The van der Waals surface area contributed by atoms with Gasteiger partial charge in [-0.1, -0.05) is 36.9 Å². The third-order valence-corrected chi connectivity index (χ3v) is 4.34. The van der Waals surface area contributed by atoms with Crippen LogP contribution in [0, 0.1) is 0 Å². The normalized spacial score (nSPS) is 10.7. The molecule has 0 saturated heterocycles. The van der Waals surface area contributed by atoms with Gasteiger partial charge in [0.1, 0.15) is 6.61 Å². The molecular formula is C24H23N3O2. The van der Waals surface area contributed by atoms with Crippen molar-refractivity contribution in [1.82, 2.24) is 0 Å². The standard InChI is InChI=1S/C24H23N3O2/c1-4-18-5-7-19(8-6-18)17-29-24(28)20-9-11-21(12-10-20)25-26-22-13-15-23(16-14-22)27(2)3/h4-16H,1,17H2,2-3H3. The highest BCUT2D eigenvalue weighted by molar-refractivity contribution is 5.89. The van der Waals surface area contributed by atoms with Gasteiger partial charge in [-0.3, -0.25) is 0 Å². The summed E-state index contributed by atoms with van der Waals surface area (Å²) in [5.41, 5.74) is 4.96. The number of nitrogens with zero attached hydrogens (tertiary/aromatic N) is 3. The number of hydrogen-bond donors (Lipinski definition) is 0. The Balaban J connectivity index is 1.57. The molecule has 0 atom stereocenters. The van der Waals surface area contributed by atoms with Crippen molar-refractivity contribution in [2.45, 2.75) is 6.61 Å². The third kappa shape index (κ3) is 5.62. The zero-order valence-corrected chi connectivity index (χ0v) is 16.6. The van der Waals surface area contributed by atoms with Crippen molar-refractivity contribution in [3.8, 4) is 0 Å². The number of azo groups is 1. The Morgan fingerprint density at radius 3 is 1.97 bits per heavy atom. The molecule has 0 spiro atoms. The summed E-state index contributed by atoms with van der Waals surface area (Å²) >= 11 is 0. The van der Waals surface area contributed by atoms with E-state index in [2.05, 4.69) is 16.8 Å². The van der Waals surface area contributed by atoms with Gasteiger partial charge >= 0.3 is 5.97 Å². The van der Waals surface area contributed by atoms with Crippen LogP contribution in [-0.2, 0) is 11.3 Å². The highest BCUT2D eigenvalue weighted by atomic mass is 16.5. The van der Waals surface area contributed by atoms with Gasteiger partial charge in [0, 0.05) is 19.8 Å². The maximum Gasteiger partial charge on any atom is 0.338 e. The van der Waals surface area contributed by atoms with E-state index in [4.69, 9.17) is 4.74 Å². The van der Waals surface area contributed by atoms with Crippen molar-refractivity contribution >= 4 is 29.1 Å². The van der Waals surface area contributed by atoms with Gasteiger partial charge in [0.25, 0.3) is 0 Å². The minimum Gasteiger partial charge on any atom is -0.457 e. The average molecular weight is 385 g/mol. The Morgan fingerprint density at radius 2 is 1.45 bits per heavy atom. The third-order valence-electron chi connectivity index (χ3n) is 4.34. The summed E-state index contributed by atoms with van der Waals surface area (Å²) in [5.74, 6) is -0.374. The summed E-state index contributed by atoms with van der Waals surface area (Å²) in [6.45, 7) is 3.94. The average Bonchev–Trinajstić information content (AvgIpc) is 2.77. The summed E-state index contributed by atoms with van der Waals surface area (Å²) in [6, 6.07) is 22.3. The first-order valence-electron chi connectivity index (χ1n) is 9.23. The minimum absolute atomic E-state index is 0.223. The summed E-state index contributed by atoms with van der Waals surface area (Å²) in [5, 5.41) is 8.44. The van der Waals surface area contributed by atoms with E-state index in [-0.39, 0.29) is 12.6 Å². The number of anilines is 1. The maximum absolute atomic E-state index is 12.2. The van der Waals surface area contributed by atoms with Gasteiger partial charge in [0.05, 0.1) is 16.9 Å². The fourth-order valence-corrected chi connectivity index (χ4v) is 2.58. The Labute approximate surface area is 171 Å². The van der Waals surface area contributed by atoms with Gasteiger partial charge in [0.2, 0.25) is 0 Å². The molecule has 146 valence electrons. The van der Waals surface area contributed by atoms with Crippen molar-refractivity contribution in [3.05, 3.63) is 96.1 Å². The smallest absolute Gasteiger partial charge is 0.338 e. The number of benzene rings is 3. The molecule has 0 N–H and O–H groups in total. The van der Waals surface area contributed by atoms with E-state index < -0.39 is 0 Å². The summed E-state index contributed by atoms with van der Waals surface area (Å²) in [6.07, 6.45) is 1.77. The first kappa shape index (κ1) is 20.0. The van der Waals surface area contributed by atoms with E-state index in [1.165, 1.54) is 0 Å². The fraction of sp³-hybridized carbons (Fsp3) is 0.125. The van der Waals surface area contributed by atoms with Gasteiger partial charge in [-0.2, -0.15) is 10.2 Å². The van der Waals surface area contributed by atoms with Crippen LogP contribution >= 0.6 is 0 Å². The van der Waals surface area contributed by atoms with Crippen LogP contribution in [0.1, 0.15) is 21.5 Å². The lowest BCUT2D eigenvalue weighted by Crippen LogP contribution is -2.07. The molecule has 0 bridgehead atoms. The van der Waals surface area contributed by atoms with Crippen LogP contribution in [0.15, 0.2) is 89.6 Å². The lowest BCUT2D eigenvalue weighted by Gasteiger charge is -2.11. The maximum atomic E-state index is 12.2. The Kier molecular flexibility index (Phi) is 6.53. The zero-order valence-electron chi connectivity index (χ0n) is 16.6. The molecule has 0 unspecified atom stereocenters. The molecule has 0 aliphatic carbocycles. The lowest BCUT2D eigenvalue weighted by atomic mass is 10.1. The molecule has 3 rings (SSSR count). The van der Waals surface area contributed by atoms with Crippen molar-refractivity contribution < 1.29 is 9.53 Å². The van der Waals surface area contributed by atoms with Crippen LogP contribution in [0.5, 0.6) is 0 Å². The Hall–Kier alpha value is -3.73. The number of hydrogen-bond acceptors (Lipinski definition) is 5. The van der Waals surface area contributed by atoms with E-state index in [0.29, 0.717) is 11.3 Å². The minimum atomic E-state index is -0.374.